The van der Waals surface area contributed by atoms with Crippen LogP contribution in [-0.4, -0.2) is 72.3 Å². The van der Waals surface area contributed by atoms with Gasteiger partial charge < -0.3 is 19.7 Å². The second kappa shape index (κ2) is 16.9. The van der Waals surface area contributed by atoms with Crippen molar-refractivity contribution in [3.8, 4) is 23.0 Å². The van der Waals surface area contributed by atoms with Crippen molar-refractivity contribution in [1.29, 1.82) is 0 Å². The predicted octanol–water partition coefficient (Wildman–Crippen LogP) is 3.19. The van der Waals surface area contributed by atoms with Crippen LogP contribution in [0, 0.1) is 0 Å². The van der Waals surface area contributed by atoms with E-state index in [1.807, 2.05) is 0 Å². The van der Waals surface area contributed by atoms with E-state index in [1.165, 1.54) is 112 Å². The maximum Gasteiger partial charge on any atom is 0.271 e. The molecule has 16 nitrogen and oxygen atoms in total. The van der Waals surface area contributed by atoms with E-state index in [0.717, 1.165) is 9.80 Å². The van der Waals surface area contributed by atoms with E-state index in [9.17, 15) is 39.0 Å². The predicted molar refractivity (Wildman–Crippen MR) is 196 cm³/mol. The molecule has 0 radical (unpaired) electrons. The molecule has 4 N–H and O–H groups in total. The van der Waals surface area contributed by atoms with E-state index in [-0.39, 0.29) is 11.5 Å². The van der Waals surface area contributed by atoms with E-state index in [1.54, 1.807) is 24.3 Å². The molecule has 54 heavy (non-hydrogen) atoms. The Hall–Kier alpha value is -7.88. The highest BCUT2D eigenvalue weighted by Crippen LogP contribution is 2.26. The van der Waals surface area contributed by atoms with Gasteiger partial charge in [0.25, 0.3) is 35.4 Å². The number of phenols is 2. The van der Waals surface area contributed by atoms with Crippen molar-refractivity contribution in [2.45, 2.75) is 0 Å². The van der Waals surface area contributed by atoms with Gasteiger partial charge in [0.2, 0.25) is 0 Å². The average molecular weight is 731 g/mol. The normalized spacial score (nSPS) is 13.4. The van der Waals surface area contributed by atoms with Crippen LogP contribution in [0.1, 0.15) is 31.8 Å². The molecule has 0 saturated carbocycles. The first-order valence-corrected chi connectivity index (χ1v) is 15.7. The van der Waals surface area contributed by atoms with Crippen LogP contribution < -0.4 is 30.1 Å². The second-order valence-corrected chi connectivity index (χ2v) is 11.0. The third-order valence-corrected chi connectivity index (χ3v) is 7.56. The molecule has 0 atom stereocenters. The zero-order chi connectivity index (χ0) is 38.8. The van der Waals surface area contributed by atoms with Crippen molar-refractivity contribution in [2.24, 2.45) is 10.2 Å². The summed E-state index contributed by atoms with van der Waals surface area (Å²) in [4.78, 5) is 72.8. The van der Waals surface area contributed by atoms with Crippen LogP contribution in [0.15, 0.2) is 119 Å². The van der Waals surface area contributed by atoms with Gasteiger partial charge in [-0.3, -0.25) is 28.8 Å². The van der Waals surface area contributed by atoms with Crippen molar-refractivity contribution in [2.75, 3.05) is 24.0 Å². The lowest BCUT2D eigenvalue weighted by molar-refractivity contribution is -0.121. The third kappa shape index (κ3) is 8.88. The van der Waals surface area contributed by atoms with Gasteiger partial charge in [-0.05, 0) is 96.1 Å². The summed E-state index contributed by atoms with van der Waals surface area (Å²) in [5, 5.41) is 26.9. The Kier molecular flexibility index (Phi) is 11.7. The number of imide groups is 2. The fourth-order valence-electron chi connectivity index (χ4n) is 4.86. The van der Waals surface area contributed by atoms with Crippen molar-refractivity contribution in [1.82, 2.24) is 10.9 Å². The number of hydrogen-bond acceptors (Lipinski definition) is 12. The minimum absolute atomic E-state index is 0.00365. The SMILES string of the molecule is COc1cc(/C=N/NC(=O)c2ccc(N3C(=O)C=CC3=O)cc2)ccc1O.COc1ccc(/C=N/NC(=O)c2ccc(N3C(=O)C=CC3=O)cc2)cc1O. The molecule has 2 aliphatic heterocycles. The molecule has 0 unspecified atom stereocenters. The van der Waals surface area contributed by atoms with Gasteiger partial charge in [-0.15, -0.1) is 0 Å². The molecule has 0 bridgehead atoms. The summed E-state index contributed by atoms with van der Waals surface area (Å²) in [5.41, 5.74) is 7.31. The van der Waals surface area contributed by atoms with Crippen LogP contribution in [-0.2, 0) is 19.2 Å². The summed E-state index contributed by atoms with van der Waals surface area (Å²) < 4.78 is 9.94. The molecular formula is C38H30N6O10. The number of hydrazone groups is 2. The molecule has 0 saturated heterocycles. The fourth-order valence-corrected chi connectivity index (χ4v) is 4.86. The molecular weight excluding hydrogens is 700 g/mol. The number of nitrogens with one attached hydrogen (secondary N) is 2. The number of carbonyl (C=O) groups is 6. The summed E-state index contributed by atoms with van der Waals surface area (Å²) in [7, 11) is 2.88. The molecule has 272 valence electrons. The number of carbonyl (C=O) groups excluding carboxylic acids is 6. The lowest BCUT2D eigenvalue weighted by Gasteiger charge is -2.13. The van der Waals surface area contributed by atoms with Crippen molar-refractivity contribution < 1.29 is 48.5 Å². The van der Waals surface area contributed by atoms with Crippen molar-refractivity contribution >= 4 is 59.2 Å². The Balaban J connectivity index is 0.000000208. The van der Waals surface area contributed by atoms with Crippen LogP contribution in [0.5, 0.6) is 23.0 Å². The Bertz CT molecular complexity index is 2210. The minimum atomic E-state index is -0.465. The molecule has 0 spiro atoms. The lowest BCUT2D eigenvalue weighted by Crippen LogP contribution is -2.29. The zero-order valence-corrected chi connectivity index (χ0v) is 28.5. The van der Waals surface area contributed by atoms with Gasteiger partial charge in [0.05, 0.1) is 38.0 Å². The van der Waals surface area contributed by atoms with Gasteiger partial charge in [-0.1, -0.05) is 0 Å². The number of aromatic hydroxyl groups is 2. The zero-order valence-electron chi connectivity index (χ0n) is 28.5. The Morgan fingerprint density at radius 2 is 0.963 bits per heavy atom. The van der Waals surface area contributed by atoms with Crippen LogP contribution in [0.3, 0.4) is 0 Å². The smallest absolute Gasteiger partial charge is 0.271 e. The van der Waals surface area contributed by atoms with Crippen LogP contribution in [0.25, 0.3) is 0 Å². The number of phenolic OH excluding ortho intramolecular Hbond substituents is 2. The molecule has 2 aliphatic rings. The number of ether oxygens (including phenoxy) is 2. The standard InChI is InChI=1S/2C19H15N3O5/c1-27-16-7-2-12(10-15(16)23)11-20-21-19(26)13-3-5-14(6-4-13)22-17(24)8-9-18(22)25;1-27-16-10-12(2-7-15(16)23)11-20-21-19(26)13-3-5-14(6-4-13)22-17(24)8-9-18(22)25/h2*2-11,23H,1H3,(H,21,26)/b2*20-11+. The maximum atomic E-state index is 12.1. The Labute approximate surface area is 306 Å². The first kappa shape index (κ1) is 37.4. The summed E-state index contributed by atoms with van der Waals surface area (Å²) in [6, 6.07) is 21.3. The topological polar surface area (TPSA) is 217 Å². The van der Waals surface area contributed by atoms with Crippen LogP contribution in [0.2, 0.25) is 0 Å². The van der Waals surface area contributed by atoms with E-state index in [4.69, 9.17) is 9.47 Å². The highest BCUT2D eigenvalue weighted by atomic mass is 16.5. The summed E-state index contributed by atoms with van der Waals surface area (Å²) in [6.45, 7) is 0. The monoisotopic (exact) mass is 730 g/mol. The van der Waals surface area contributed by atoms with E-state index in [2.05, 4.69) is 21.1 Å². The average Bonchev–Trinajstić information content (AvgIpc) is 3.70. The van der Waals surface area contributed by atoms with Crippen molar-refractivity contribution in [3.63, 3.8) is 0 Å². The molecule has 4 aromatic rings. The highest BCUT2D eigenvalue weighted by molar-refractivity contribution is 6.28. The largest absolute Gasteiger partial charge is 0.504 e. The number of rotatable bonds is 10. The number of benzene rings is 4. The number of methoxy groups -OCH3 is 2. The number of hydrogen-bond donors (Lipinski definition) is 4. The number of nitrogens with zero attached hydrogens (tertiary/aromatic N) is 4. The van der Waals surface area contributed by atoms with Gasteiger partial charge in [0.1, 0.15) is 0 Å². The molecule has 0 aliphatic carbocycles. The van der Waals surface area contributed by atoms with Gasteiger partial charge in [0.15, 0.2) is 23.0 Å². The van der Waals surface area contributed by atoms with Crippen molar-refractivity contribution in [3.05, 3.63) is 131 Å². The molecule has 0 aromatic heterocycles. The highest BCUT2D eigenvalue weighted by Gasteiger charge is 2.26. The molecule has 16 heteroatoms. The van der Waals surface area contributed by atoms with Gasteiger partial charge in [0, 0.05) is 35.4 Å². The lowest BCUT2D eigenvalue weighted by atomic mass is 10.2. The Morgan fingerprint density at radius 3 is 1.37 bits per heavy atom. The molecule has 6 amide bonds. The summed E-state index contributed by atoms with van der Waals surface area (Å²) in [6.07, 6.45) is 7.54. The number of amides is 6. The van der Waals surface area contributed by atoms with Gasteiger partial charge in [-0.2, -0.15) is 10.2 Å². The van der Waals surface area contributed by atoms with Gasteiger partial charge in [-0.25, -0.2) is 20.7 Å². The number of anilines is 2. The van der Waals surface area contributed by atoms with E-state index in [0.29, 0.717) is 45.1 Å². The van der Waals surface area contributed by atoms with Crippen LogP contribution >= 0.6 is 0 Å². The first-order chi connectivity index (χ1) is 26.0. The molecule has 2 heterocycles. The minimum Gasteiger partial charge on any atom is -0.504 e. The molecule has 4 aromatic carbocycles. The maximum absolute atomic E-state index is 12.1. The summed E-state index contributed by atoms with van der Waals surface area (Å²) >= 11 is 0. The molecule has 0 fully saturated rings. The fraction of sp³-hybridized carbons (Fsp3) is 0.0526. The summed E-state index contributed by atoms with van der Waals surface area (Å²) in [5.74, 6) is -2.03. The quantitative estimate of drug-likeness (QED) is 0.106. The molecule has 6 rings (SSSR count). The first-order valence-electron chi connectivity index (χ1n) is 15.7. The second-order valence-electron chi connectivity index (χ2n) is 11.0. The Morgan fingerprint density at radius 1 is 0.556 bits per heavy atom. The van der Waals surface area contributed by atoms with E-state index < -0.39 is 35.4 Å². The van der Waals surface area contributed by atoms with Crippen LogP contribution in [0.4, 0.5) is 11.4 Å². The van der Waals surface area contributed by atoms with Gasteiger partial charge >= 0.3 is 0 Å². The van der Waals surface area contributed by atoms with E-state index >= 15 is 0 Å². The third-order valence-electron chi connectivity index (χ3n) is 7.56.